The van der Waals surface area contributed by atoms with Gasteiger partial charge in [0.1, 0.15) is 0 Å². The fraction of sp³-hybridized carbons (Fsp3) is 0.333. The van der Waals surface area contributed by atoms with Crippen molar-refractivity contribution >= 4 is 23.5 Å². The zero-order chi connectivity index (χ0) is 32.9. The molecule has 2 aromatic rings. The van der Waals surface area contributed by atoms with Gasteiger partial charge >= 0.3 is 11.9 Å². The van der Waals surface area contributed by atoms with Crippen molar-refractivity contribution in [1.29, 1.82) is 0 Å². The maximum Gasteiger partial charge on any atom is 0.306 e. The quantitative estimate of drug-likeness (QED) is 0.200. The first-order chi connectivity index (χ1) is 20.9. The number of allylic oxidation sites excluding steroid dienone is 2. The third-order valence-corrected chi connectivity index (χ3v) is 7.13. The average molecular weight is 617 g/mol. The summed E-state index contributed by atoms with van der Waals surface area (Å²) in [5, 5.41) is 43.2. The first kappa shape index (κ1) is 33.1. The Morgan fingerprint density at radius 2 is 0.841 bits per heavy atom. The summed E-state index contributed by atoms with van der Waals surface area (Å²) in [5.41, 5.74) is -1.15. The van der Waals surface area contributed by atoms with E-state index < -0.39 is 82.3 Å². The molecule has 2 atom stereocenters. The summed E-state index contributed by atoms with van der Waals surface area (Å²) in [7, 11) is 7.16. The van der Waals surface area contributed by atoms with E-state index in [4.69, 9.17) is 28.4 Å². The number of methoxy groups -OCH3 is 6. The maximum absolute atomic E-state index is 13.8. The maximum atomic E-state index is 13.8. The molecule has 14 heteroatoms. The molecule has 4 N–H and O–H groups in total. The lowest BCUT2D eigenvalue weighted by Gasteiger charge is -2.28. The molecule has 44 heavy (non-hydrogen) atoms. The molecule has 1 aliphatic carbocycles. The molecule has 0 saturated heterocycles. The van der Waals surface area contributed by atoms with E-state index in [9.17, 15) is 39.6 Å². The molecule has 14 nitrogen and oxygen atoms in total. The second kappa shape index (κ2) is 13.7. The van der Waals surface area contributed by atoms with Crippen molar-refractivity contribution in [2.75, 3.05) is 42.7 Å². The third-order valence-electron chi connectivity index (χ3n) is 7.13. The first-order valence-corrected chi connectivity index (χ1v) is 12.9. The van der Waals surface area contributed by atoms with Gasteiger partial charge in [0, 0.05) is 11.8 Å². The number of ether oxygens (including phenoxy) is 6. The largest absolute Gasteiger partial charge is 0.504 e. The Kier molecular flexibility index (Phi) is 10.3. The second-order valence-corrected chi connectivity index (χ2v) is 9.40. The second-order valence-electron chi connectivity index (χ2n) is 9.40. The molecule has 3 rings (SSSR count). The van der Waals surface area contributed by atoms with E-state index in [1.54, 1.807) is 0 Å². The molecule has 0 saturated carbocycles. The van der Waals surface area contributed by atoms with Gasteiger partial charge in [-0.05, 0) is 35.4 Å². The lowest BCUT2D eigenvalue weighted by atomic mass is 9.75. The Labute approximate surface area is 251 Å². The van der Waals surface area contributed by atoms with E-state index in [0.29, 0.717) is 0 Å². The highest BCUT2D eigenvalue weighted by Crippen LogP contribution is 2.47. The van der Waals surface area contributed by atoms with Crippen LogP contribution >= 0.6 is 0 Å². The van der Waals surface area contributed by atoms with Crippen LogP contribution in [-0.4, -0.2) is 86.6 Å². The van der Waals surface area contributed by atoms with Crippen LogP contribution in [0.15, 0.2) is 46.9 Å². The number of phenols is 2. The van der Waals surface area contributed by atoms with Gasteiger partial charge in [0.25, 0.3) is 0 Å². The van der Waals surface area contributed by atoms with Gasteiger partial charge in [-0.3, -0.25) is 19.2 Å². The Hall–Kier alpha value is -5.40. The summed E-state index contributed by atoms with van der Waals surface area (Å²) in [6.07, 6.45) is -1.18. The standard InChI is InChI=1S/C30H32O14/c1-39-17-7-13(8-18(40-2)25(17)33)15(11-21(31)43-5)23-27(35)29(37)24(30(38)28(23)36)16(12-22(32)44-6)14-9-19(41-3)26(34)20(10-14)42-4/h7-10,15-16,33-35,38H,11-12H2,1-6H3/t15-,16+. The van der Waals surface area contributed by atoms with E-state index >= 15 is 0 Å². The van der Waals surface area contributed by atoms with Crippen LogP contribution in [0, 0.1) is 0 Å². The molecule has 0 aromatic heterocycles. The number of esters is 2. The van der Waals surface area contributed by atoms with Gasteiger partial charge < -0.3 is 48.8 Å². The number of phenolic OH excluding ortho intramolecular Hbond substituents is 2. The predicted octanol–water partition coefficient (Wildman–Crippen LogP) is 2.90. The number of hydrogen-bond donors (Lipinski definition) is 4. The molecule has 0 unspecified atom stereocenters. The number of carbonyl (C=O) groups excluding carboxylic acids is 4. The third kappa shape index (κ3) is 6.19. The Morgan fingerprint density at radius 3 is 1.07 bits per heavy atom. The van der Waals surface area contributed by atoms with Gasteiger partial charge in [0.05, 0.1) is 66.6 Å². The van der Waals surface area contributed by atoms with Crippen LogP contribution in [-0.2, 0) is 28.7 Å². The highest BCUT2D eigenvalue weighted by atomic mass is 16.5. The fourth-order valence-electron chi connectivity index (χ4n) is 4.86. The van der Waals surface area contributed by atoms with Crippen molar-refractivity contribution in [2.45, 2.75) is 24.7 Å². The summed E-state index contributed by atoms with van der Waals surface area (Å²) in [6.45, 7) is 0. The molecule has 0 amide bonds. The molecular formula is C30H32O14. The van der Waals surface area contributed by atoms with Crippen LogP contribution in [0.5, 0.6) is 34.5 Å². The van der Waals surface area contributed by atoms with Crippen LogP contribution < -0.4 is 18.9 Å². The summed E-state index contributed by atoms with van der Waals surface area (Å²) >= 11 is 0. The minimum atomic E-state index is -1.40. The number of carbonyl (C=O) groups is 4. The highest BCUT2D eigenvalue weighted by Gasteiger charge is 2.43. The van der Waals surface area contributed by atoms with E-state index in [1.165, 1.54) is 52.7 Å². The summed E-state index contributed by atoms with van der Waals surface area (Å²) < 4.78 is 30.2. The van der Waals surface area contributed by atoms with Crippen molar-refractivity contribution in [1.82, 2.24) is 0 Å². The number of aliphatic hydroxyl groups excluding tert-OH is 2. The van der Waals surface area contributed by atoms with E-state index in [-0.39, 0.29) is 34.1 Å². The minimum absolute atomic E-state index is 0.0833. The smallest absolute Gasteiger partial charge is 0.306 e. The Balaban J connectivity index is 2.27. The van der Waals surface area contributed by atoms with Gasteiger partial charge in [-0.25, -0.2) is 0 Å². The van der Waals surface area contributed by atoms with Crippen molar-refractivity contribution in [3.63, 3.8) is 0 Å². The molecule has 236 valence electrons. The Morgan fingerprint density at radius 1 is 0.568 bits per heavy atom. The number of rotatable bonds is 12. The topological polar surface area (TPSA) is 205 Å². The molecule has 0 fully saturated rings. The normalized spacial score (nSPS) is 14.6. The van der Waals surface area contributed by atoms with Gasteiger partial charge in [0.2, 0.25) is 23.1 Å². The molecule has 0 spiro atoms. The zero-order valence-corrected chi connectivity index (χ0v) is 24.7. The number of Topliss-reactive ketones (excluding diaryl/α,β-unsaturated/α-hetero) is 2. The van der Waals surface area contributed by atoms with Crippen LogP contribution in [0.25, 0.3) is 0 Å². The van der Waals surface area contributed by atoms with Crippen LogP contribution in [0.4, 0.5) is 0 Å². The van der Waals surface area contributed by atoms with Crippen molar-refractivity contribution in [3.05, 3.63) is 58.1 Å². The van der Waals surface area contributed by atoms with Crippen molar-refractivity contribution < 1.29 is 68.0 Å². The molecule has 2 aromatic carbocycles. The number of aliphatic hydroxyl groups is 2. The van der Waals surface area contributed by atoms with E-state index in [1.807, 2.05) is 0 Å². The first-order valence-electron chi connectivity index (χ1n) is 12.9. The molecular weight excluding hydrogens is 584 g/mol. The minimum Gasteiger partial charge on any atom is -0.504 e. The fourth-order valence-corrected chi connectivity index (χ4v) is 4.86. The van der Waals surface area contributed by atoms with E-state index in [0.717, 1.165) is 14.2 Å². The molecule has 0 aliphatic heterocycles. The lowest BCUT2D eigenvalue weighted by Crippen LogP contribution is -2.31. The molecule has 1 aliphatic rings. The summed E-state index contributed by atoms with van der Waals surface area (Å²) in [4.78, 5) is 52.5. The molecule has 0 heterocycles. The van der Waals surface area contributed by atoms with Crippen LogP contribution in [0.3, 0.4) is 0 Å². The molecule has 0 bridgehead atoms. The molecule has 0 radical (unpaired) electrons. The van der Waals surface area contributed by atoms with Gasteiger partial charge in [0.15, 0.2) is 34.5 Å². The number of hydrogen-bond acceptors (Lipinski definition) is 14. The van der Waals surface area contributed by atoms with Gasteiger partial charge in [-0.15, -0.1) is 0 Å². The van der Waals surface area contributed by atoms with Crippen LogP contribution in [0.1, 0.15) is 35.8 Å². The van der Waals surface area contributed by atoms with Crippen LogP contribution in [0.2, 0.25) is 0 Å². The van der Waals surface area contributed by atoms with E-state index in [2.05, 4.69) is 0 Å². The monoisotopic (exact) mass is 616 g/mol. The number of aromatic hydroxyl groups is 2. The van der Waals surface area contributed by atoms with Gasteiger partial charge in [-0.1, -0.05) is 0 Å². The summed E-state index contributed by atoms with van der Waals surface area (Å²) in [5.74, 6) is -10.4. The van der Waals surface area contributed by atoms with Crippen molar-refractivity contribution in [2.24, 2.45) is 0 Å². The van der Waals surface area contributed by atoms with Gasteiger partial charge in [-0.2, -0.15) is 0 Å². The zero-order valence-electron chi connectivity index (χ0n) is 24.7. The number of benzene rings is 2. The van der Waals surface area contributed by atoms with Crippen molar-refractivity contribution in [3.8, 4) is 34.5 Å². The highest BCUT2D eigenvalue weighted by molar-refractivity contribution is 6.24. The Bertz CT molecular complexity index is 1390. The lowest BCUT2D eigenvalue weighted by molar-refractivity contribution is -0.142. The average Bonchev–Trinajstić information content (AvgIpc) is 3.02. The SMILES string of the molecule is COC(=O)C[C@H](C1=C(O)C(=O)C([C@H](CC(=O)OC)c2cc(OC)c(O)c(OC)c2)=C(O)C1=O)c1cc(OC)c(O)c(OC)c1. The number of ketones is 2. The predicted molar refractivity (Wildman–Crippen MR) is 150 cm³/mol. The summed E-state index contributed by atoms with van der Waals surface area (Å²) in [6, 6.07) is 5.04.